The number of piperazine rings is 1. The van der Waals surface area contributed by atoms with Crippen molar-refractivity contribution in [2.45, 2.75) is 4.90 Å². The maximum Gasteiger partial charge on any atom is 0.243 e. The zero-order valence-corrected chi connectivity index (χ0v) is 13.1. The summed E-state index contributed by atoms with van der Waals surface area (Å²) in [5, 5.41) is 8.90. The Kier molecular flexibility index (Phi) is 6.13. The second-order valence-corrected chi connectivity index (χ2v) is 6.92. The number of hydrogen-bond donors (Lipinski definition) is 1. The summed E-state index contributed by atoms with van der Waals surface area (Å²) in [6, 6.07) is 6.01. The van der Waals surface area contributed by atoms with Crippen LogP contribution in [0, 0.1) is 0 Å². The highest BCUT2D eigenvalue weighted by molar-refractivity contribution is 7.89. The number of aliphatic hydroxyl groups excluding tert-OH is 1. The maximum atomic E-state index is 12.5. The summed E-state index contributed by atoms with van der Waals surface area (Å²) in [4.78, 5) is 2.23. The van der Waals surface area contributed by atoms with E-state index in [4.69, 9.17) is 9.84 Å². The van der Waals surface area contributed by atoms with Crippen LogP contribution in [0.4, 0.5) is 4.39 Å². The normalized spacial score (nSPS) is 17.5. The van der Waals surface area contributed by atoms with Crippen LogP contribution in [-0.2, 0) is 10.0 Å². The van der Waals surface area contributed by atoms with E-state index in [1.165, 1.54) is 28.6 Å². The molecule has 1 N–H and O–H groups in total. The molecule has 1 heterocycles. The number of sulfonamides is 1. The molecular formula is C14H21FN2O4S. The third kappa shape index (κ3) is 4.16. The Bertz CT molecular complexity index is 557. The van der Waals surface area contributed by atoms with Gasteiger partial charge in [0.2, 0.25) is 10.0 Å². The van der Waals surface area contributed by atoms with Gasteiger partial charge >= 0.3 is 0 Å². The first-order valence-corrected chi connectivity index (χ1v) is 8.64. The van der Waals surface area contributed by atoms with Gasteiger partial charge in [-0.25, -0.2) is 12.8 Å². The van der Waals surface area contributed by atoms with Gasteiger partial charge in [0.05, 0.1) is 11.5 Å². The summed E-state index contributed by atoms with van der Waals surface area (Å²) >= 11 is 0. The van der Waals surface area contributed by atoms with E-state index in [0.717, 1.165) is 0 Å². The first kappa shape index (κ1) is 17.1. The van der Waals surface area contributed by atoms with Crippen LogP contribution in [0.15, 0.2) is 29.2 Å². The minimum atomic E-state index is -3.52. The molecular weight excluding hydrogens is 311 g/mol. The fourth-order valence-electron chi connectivity index (χ4n) is 2.35. The van der Waals surface area contributed by atoms with Crippen molar-refractivity contribution in [3.05, 3.63) is 24.3 Å². The van der Waals surface area contributed by atoms with Gasteiger partial charge in [0.15, 0.2) is 0 Å². The molecule has 1 fully saturated rings. The molecule has 1 aromatic carbocycles. The Labute approximate surface area is 130 Å². The highest BCUT2D eigenvalue weighted by Crippen LogP contribution is 2.20. The quantitative estimate of drug-likeness (QED) is 0.779. The van der Waals surface area contributed by atoms with Gasteiger partial charge in [-0.2, -0.15) is 4.31 Å². The largest absolute Gasteiger partial charge is 0.491 e. The summed E-state index contributed by atoms with van der Waals surface area (Å²) in [6.07, 6.45) is 0. The molecule has 0 atom stereocenters. The number of halogens is 1. The Morgan fingerprint density at radius 2 is 1.77 bits per heavy atom. The molecule has 2 rings (SSSR count). The predicted molar refractivity (Wildman–Crippen MR) is 80.2 cm³/mol. The zero-order chi connectivity index (χ0) is 16.0. The maximum absolute atomic E-state index is 12.5. The van der Waals surface area contributed by atoms with Gasteiger partial charge in [0.25, 0.3) is 0 Å². The molecule has 0 saturated carbocycles. The Morgan fingerprint density at radius 1 is 1.14 bits per heavy atom. The molecule has 8 heteroatoms. The lowest BCUT2D eigenvalue weighted by Crippen LogP contribution is -2.49. The average molecular weight is 332 g/mol. The summed E-state index contributed by atoms with van der Waals surface area (Å²) in [6.45, 7) is 2.04. The second-order valence-electron chi connectivity index (χ2n) is 4.98. The monoisotopic (exact) mass is 332 g/mol. The molecule has 0 radical (unpaired) electrons. The van der Waals surface area contributed by atoms with Crippen molar-refractivity contribution >= 4 is 10.0 Å². The van der Waals surface area contributed by atoms with E-state index in [0.29, 0.717) is 38.5 Å². The molecule has 1 aliphatic rings. The van der Waals surface area contributed by atoms with E-state index in [-0.39, 0.29) is 18.1 Å². The van der Waals surface area contributed by atoms with Crippen LogP contribution in [0.25, 0.3) is 0 Å². The Morgan fingerprint density at radius 3 is 2.32 bits per heavy atom. The Hall–Kier alpha value is -1.22. The van der Waals surface area contributed by atoms with Crippen LogP contribution in [0.3, 0.4) is 0 Å². The van der Waals surface area contributed by atoms with E-state index in [9.17, 15) is 12.8 Å². The standard InChI is InChI=1S/C14H21FN2O4S/c15-5-12-21-13-1-3-14(4-2-13)22(19,20)17-8-6-16(7-9-17)10-11-18/h1-4,18H,5-12H2. The number of hydrogen-bond acceptors (Lipinski definition) is 5. The van der Waals surface area contributed by atoms with Crippen molar-refractivity contribution < 1.29 is 22.7 Å². The van der Waals surface area contributed by atoms with Gasteiger partial charge < -0.3 is 9.84 Å². The molecule has 0 aliphatic carbocycles. The Balaban J connectivity index is 2.01. The topological polar surface area (TPSA) is 70.1 Å². The average Bonchev–Trinajstić information content (AvgIpc) is 2.54. The highest BCUT2D eigenvalue weighted by Gasteiger charge is 2.28. The number of benzene rings is 1. The molecule has 0 unspecified atom stereocenters. The van der Waals surface area contributed by atoms with E-state index in [1.54, 1.807) is 0 Å². The van der Waals surface area contributed by atoms with Crippen LogP contribution < -0.4 is 4.74 Å². The molecule has 1 aromatic rings. The number of ether oxygens (including phenoxy) is 1. The minimum absolute atomic E-state index is 0.0427. The molecule has 0 aromatic heterocycles. The molecule has 124 valence electrons. The summed E-state index contributed by atoms with van der Waals surface area (Å²) in [7, 11) is -3.52. The first-order chi connectivity index (χ1) is 10.6. The lowest BCUT2D eigenvalue weighted by Gasteiger charge is -2.33. The molecule has 6 nitrogen and oxygen atoms in total. The smallest absolute Gasteiger partial charge is 0.243 e. The predicted octanol–water partition coefficient (Wildman–Crippen LogP) is 0.333. The number of nitrogens with zero attached hydrogens (tertiary/aromatic N) is 2. The van der Waals surface area contributed by atoms with Gasteiger partial charge in [-0.15, -0.1) is 0 Å². The van der Waals surface area contributed by atoms with E-state index in [2.05, 4.69) is 0 Å². The van der Waals surface area contributed by atoms with Crippen LogP contribution >= 0.6 is 0 Å². The fourth-order valence-corrected chi connectivity index (χ4v) is 3.77. The SMILES string of the molecule is O=S(=O)(c1ccc(OCCF)cc1)N1CCN(CCO)CC1. The van der Waals surface area contributed by atoms with Crippen LogP contribution in [0.5, 0.6) is 5.75 Å². The summed E-state index contributed by atoms with van der Waals surface area (Å²) < 4.78 is 43.6. The third-order valence-electron chi connectivity index (χ3n) is 3.55. The van der Waals surface area contributed by atoms with Crippen LogP contribution in [0.2, 0.25) is 0 Å². The van der Waals surface area contributed by atoms with E-state index >= 15 is 0 Å². The lowest BCUT2D eigenvalue weighted by molar-refractivity contribution is 0.151. The highest BCUT2D eigenvalue weighted by atomic mass is 32.2. The fraction of sp³-hybridized carbons (Fsp3) is 0.571. The second kappa shape index (κ2) is 7.87. The van der Waals surface area contributed by atoms with Gasteiger partial charge in [-0.1, -0.05) is 0 Å². The van der Waals surface area contributed by atoms with Crippen molar-refractivity contribution in [3.8, 4) is 5.75 Å². The van der Waals surface area contributed by atoms with Crippen molar-refractivity contribution in [3.63, 3.8) is 0 Å². The molecule has 22 heavy (non-hydrogen) atoms. The number of alkyl halides is 1. The lowest BCUT2D eigenvalue weighted by atomic mass is 10.3. The van der Waals surface area contributed by atoms with Gasteiger partial charge in [-0.3, -0.25) is 4.90 Å². The first-order valence-electron chi connectivity index (χ1n) is 7.20. The van der Waals surface area contributed by atoms with Crippen LogP contribution in [0.1, 0.15) is 0 Å². The van der Waals surface area contributed by atoms with Crippen molar-refractivity contribution in [2.24, 2.45) is 0 Å². The molecule has 0 bridgehead atoms. The third-order valence-corrected chi connectivity index (χ3v) is 5.47. The number of rotatable bonds is 7. The van der Waals surface area contributed by atoms with E-state index in [1.807, 2.05) is 4.90 Å². The molecule has 0 spiro atoms. The van der Waals surface area contributed by atoms with Gasteiger partial charge in [-0.05, 0) is 24.3 Å². The van der Waals surface area contributed by atoms with E-state index < -0.39 is 16.7 Å². The summed E-state index contributed by atoms with van der Waals surface area (Å²) in [5.41, 5.74) is 0. The molecule has 1 saturated heterocycles. The minimum Gasteiger partial charge on any atom is -0.491 e. The molecule has 0 amide bonds. The summed E-state index contributed by atoms with van der Waals surface area (Å²) in [5.74, 6) is 0.448. The van der Waals surface area contributed by atoms with Crippen molar-refractivity contribution in [1.82, 2.24) is 9.21 Å². The number of β-amino-alcohol motifs (C(OH)–C–C–N with tert-alkyl or cyclic N) is 1. The van der Waals surface area contributed by atoms with Crippen molar-refractivity contribution in [2.75, 3.05) is 52.6 Å². The van der Waals surface area contributed by atoms with Crippen LogP contribution in [-0.4, -0.2) is 75.3 Å². The molecule has 1 aliphatic heterocycles. The zero-order valence-electron chi connectivity index (χ0n) is 12.3. The van der Waals surface area contributed by atoms with Gasteiger partial charge in [0.1, 0.15) is 19.0 Å². The number of aliphatic hydroxyl groups is 1. The van der Waals surface area contributed by atoms with Gasteiger partial charge in [0, 0.05) is 32.7 Å². The van der Waals surface area contributed by atoms with Crippen molar-refractivity contribution in [1.29, 1.82) is 0 Å².